The quantitative estimate of drug-likeness (QED) is 0.799. The third-order valence-electron chi connectivity index (χ3n) is 3.47. The molecule has 6 heteroatoms. The van der Waals surface area contributed by atoms with Crippen LogP contribution in [0, 0.1) is 11.8 Å². The lowest BCUT2D eigenvalue weighted by Crippen LogP contribution is -2.42. The van der Waals surface area contributed by atoms with E-state index in [0.717, 1.165) is 12.8 Å². The molecule has 18 heavy (non-hydrogen) atoms. The van der Waals surface area contributed by atoms with Gasteiger partial charge in [-0.05, 0) is 25.2 Å². The highest BCUT2D eigenvalue weighted by molar-refractivity contribution is 7.89. The fraction of sp³-hybridized carbons (Fsp3) is 0.917. The van der Waals surface area contributed by atoms with E-state index in [0.29, 0.717) is 25.9 Å². The zero-order valence-electron chi connectivity index (χ0n) is 11.1. The Hall–Kier alpha value is -0.620. The van der Waals surface area contributed by atoms with Crippen molar-refractivity contribution in [1.82, 2.24) is 4.31 Å². The largest absolute Gasteiger partial charge is 0.481 e. The van der Waals surface area contributed by atoms with E-state index >= 15 is 0 Å². The molecule has 1 aliphatic rings. The second-order valence-electron chi connectivity index (χ2n) is 5.18. The second-order valence-corrected chi connectivity index (χ2v) is 7.20. The van der Waals surface area contributed by atoms with Crippen molar-refractivity contribution in [3.63, 3.8) is 0 Å². The summed E-state index contributed by atoms with van der Waals surface area (Å²) in [5.41, 5.74) is 0. The molecule has 1 rings (SSSR count). The van der Waals surface area contributed by atoms with Crippen molar-refractivity contribution in [2.75, 3.05) is 18.8 Å². The van der Waals surface area contributed by atoms with E-state index < -0.39 is 16.0 Å². The first-order valence-corrected chi connectivity index (χ1v) is 8.18. The van der Waals surface area contributed by atoms with Gasteiger partial charge < -0.3 is 5.11 Å². The topological polar surface area (TPSA) is 74.7 Å². The number of aliphatic carboxylic acids is 1. The van der Waals surface area contributed by atoms with Crippen molar-refractivity contribution in [3.05, 3.63) is 0 Å². The fourth-order valence-corrected chi connectivity index (χ4v) is 4.29. The monoisotopic (exact) mass is 277 g/mol. The van der Waals surface area contributed by atoms with Gasteiger partial charge in [0.2, 0.25) is 10.0 Å². The van der Waals surface area contributed by atoms with Crippen LogP contribution in [0.5, 0.6) is 0 Å². The standard InChI is InChI=1S/C12H23NO4S/c1-3-4-10(2)9-18(16,17)13-7-5-11(6-8-13)12(14)15/h10-11H,3-9H2,1-2H3,(H,14,15). The third-order valence-corrected chi connectivity index (χ3v) is 5.62. The molecule has 0 aromatic carbocycles. The Morgan fingerprint density at radius 3 is 2.39 bits per heavy atom. The Bertz CT molecular complexity index is 372. The lowest BCUT2D eigenvalue weighted by molar-refractivity contribution is -0.142. The molecule has 0 aliphatic carbocycles. The Kier molecular flexibility index (Phi) is 5.59. The first kappa shape index (κ1) is 15.4. The highest BCUT2D eigenvalue weighted by Gasteiger charge is 2.31. The molecule has 1 aliphatic heterocycles. The molecule has 0 saturated carbocycles. The van der Waals surface area contributed by atoms with Crippen molar-refractivity contribution >= 4 is 16.0 Å². The van der Waals surface area contributed by atoms with Gasteiger partial charge in [-0.1, -0.05) is 20.3 Å². The summed E-state index contributed by atoms with van der Waals surface area (Å²) in [7, 11) is -3.21. The Labute approximate surface area is 109 Å². The number of carboxylic acids is 1. The maximum absolute atomic E-state index is 12.1. The van der Waals surface area contributed by atoms with Crippen LogP contribution >= 0.6 is 0 Å². The molecule has 1 fully saturated rings. The predicted octanol–water partition coefficient (Wildman–Crippen LogP) is 1.55. The molecule has 0 bridgehead atoms. The van der Waals surface area contributed by atoms with E-state index in [9.17, 15) is 13.2 Å². The summed E-state index contributed by atoms with van der Waals surface area (Å²) in [6.45, 7) is 4.68. The summed E-state index contributed by atoms with van der Waals surface area (Å²) < 4.78 is 25.7. The van der Waals surface area contributed by atoms with Gasteiger partial charge >= 0.3 is 5.97 Å². The minimum absolute atomic E-state index is 0.164. The number of piperidine rings is 1. The van der Waals surface area contributed by atoms with Gasteiger partial charge in [0.25, 0.3) is 0 Å². The normalized spacial score (nSPS) is 20.8. The number of carboxylic acid groups (broad SMARTS) is 1. The van der Waals surface area contributed by atoms with E-state index in [2.05, 4.69) is 0 Å². The second kappa shape index (κ2) is 6.52. The Morgan fingerprint density at radius 2 is 1.94 bits per heavy atom. The molecule has 0 aromatic rings. The van der Waals surface area contributed by atoms with E-state index in [1.807, 2.05) is 13.8 Å². The lowest BCUT2D eigenvalue weighted by atomic mass is 9.99. The molecule has 0 spiro atoms. The zero-order chi connectivity index (χ0) is 13.8. The molecule has 1 saturated heterocycles. The minimum atomic E-state index is -3.21. The molecule has 0 amide bonds. The van der Waals surface area contributed by atoms with Crippen molar-refractivity contribution in [1.29, 1.82) is 0 Å². The highest BCUT2D eigenvalue weighted by Crippen LogP contribution is 2.21. The number of hydrogen-bond donors (Lipinski definition) is 1. The molecule has 0 radical (unpaired) electrons. The van der Waals surface area contributed by atoms with Crippen molar-refractivity contribution in [3.8, 4) is 0 Å². The van der Waals surface area contributed by atoms with Crippen LogP contribution in [0.3, 0.4) is 0 Å². The van der Waals surface area contributed by atoms with Crippen molar-refractivity contribution in [2.45, 2.75) is 39.5 Å². The minimum Gasteiger partial charge on any atom is -0.481 e. The van der Waals surface area contributed by atoms with Gasteiger partial charge in [0.05, 0.1) is 11.7 Å². The van der Waals surface area contributed by atoms with Crippen LogP contribution in [0.1, 0.15) is 39.5 Å². The van der Waals surface area contributed by atoms with Gasteiger partial charge in [0, 0.05) is 13.1 Å². The molecule has 1 N–H and O–H groups in total. The maximum atomic E-state index is 12.1. The first-order chi connectivity index (χ1) is 8.36. The third kappa shape index (κ3) is 4.24. The summed E-state index contributed by atoms with van der Waals surface area (Å²) in [6.07, 6.45) is 2.75. The van der Waals surface area contributed by atoms with Gasteiger partial charge in [0.15, 0.2) is 0 Å². The van der Waals surface area contributed by atoms with E-state index in [1.54, 1.807) is 0 Å². The molecular formula is C12H23NO4S. The first-order valence-electron chi connectivity index (χ1n) is 6.57. The summed E-state index contributed by atoms with van der Waals surface area (Å²) in [4.78, 5) is 10.8. The van der Waals surface area contributed by atoms with Crippen molar-refractivity contribution in [2.24, 2.45) is 11.8 Å². The summed E-state index contributed by atoms with van der Waals surface area (Å²) in [6, 6.07) is 0. The van der Waals surface area contributed by atoms with Gasteiger partial charge in [-0.25, -0.2) is 12.7 Å². The van der Waals surface area contributed by atoms with Gasteiger partial charge in [-0.2, -0.15) is 0 Å². The van der Waals surface area contributed by atoms with Crippen LogP contribution in [0.15, 0.2) is 0 Å². The molecule has 106 valence electrons. The number of nitrogens with zero attached hydrogens (tertiary/aromatic N) is 1. The summed E-state index contributed by atoms with van der Waals surface area (Å²) in [5.74, 6) is -0.855. The predicted molar refractivity (Wildman–Crippen MR) is 69.8 cm³/mol. The zero-order valence-corrected chi connectivity index (χ0v) is 11.9. The van der Waals surface area contributed by atoms with Gasteiger partial charge in [0.1, 0.15) is 0 Å². The SMILES string of the molecule is CCCC(C)CS(=O)(=O)N1CCC(C(=O)O)CC1. The van der Waals surface area contributed by atoms with Crippen LogP contribution in [0.4, 0.5) is 0 Å². The number of carbonyl (C=O) groups is 1. The Morgan fingerprint density at radius 1 is 1.39 bits per heavy atom. The van der Waals surface area contributed by atoms with Crippen LogP contribution in [0.2, 0.25) is 0 Å². The van der Waals surface area contributed by atoms with Crippen LogP contribution in [-0.4, -0.2) is 42.6 Å². The molecule has 5 nitrogen and oxygen atoms in total. The lowest BCUT2D eigenvalue weighted by Gasteiger charge is -2.30. The number of hydrogen-bond acceptors (Lipinski definition) is 3. The van der Waals surface area contributed by atoms with E-state index in [4.69, 9.17) is 5.11 Å². The van der Waals surface area contributed by atoms with Crippen LogP contribution in [0.25, 0.3) is 0 Å². The molecule has 0 aromatic heterocycles. The molecular weight excluding hydrogens is 254 g/mol. The number of sulfonamides is 1. The van der Waals surface area contributed by atoms with Gasteiger partial charge in [-0.3, -0.25) is 4.79 Å². The van der Waals surface area contributed by atoms with Crippen LogP contribution < -0.4 is 0 Å². The fourth-order valence-electron chi connectivity index (χ4n) is 2.42. The summed E-state index contributed by atoms with van der Waals surface area (Å²) in [5, 5.41) is 8.87. The van der Waals surface area contributed by atoms with E-state index in [-0.39, 0.29) is 17.6 Å². The maximum Gasteiger partial charge on any atom is 0.306 e. The molecule has 1 unspecified atom stereocenters. The average Bonchev–Trinajstić information content (AvgIpc) is 2.28. The molecule has 1 heterocycles. The molecule has 1 atom stereocenters. The highest BCUT2D eigenvalue weighted by atomic mass is 32.2. The smallest absolute Gasteiger partial charge is 0.306 e. The van der Waals surface area contributed by atoms with Gasteiger partial charge in [-0.15, -0.1) is 0 Å². The Balaban J connectivity index is 2.52. The van der Waals surface area contributed by atoms with Crippen molar-refractivity contribution < 1.29 is 18.3 Å². The van der Waals surface area contributed by atoms with Crippen LogP contribution in [-0.2, 0) is 14.8 Å². The summed E-state index contributed by atoms with van der Waals surface area (Å²) >= 11 is 0. The number of rotatable bonds is 6. The average molecular weight is 277 g/mol. The van der Waals surface area contributed by atoms with E-state index in [1.165, 1.54) is 4.31 Å².